The zero-order valence-corrected chi connectivity index (χ0v) is 16.1. The molecule has 1 aliphatic heterocycles. The van der Waals surface area contributed by atoms with E-state index in [4.69, 9.17) is 28.9 Å². The van der Waals surface area contributed by atoms with Crippen LogP contribution in [0.5, 0.6) is 0 Å². The highest BCUT2D eigenvalue weighted by Crippen LogP contribution is 2.34. The lowest BCUT2D eigenvalue weighted by molar-refractivity contribution is 0.198. The van der Waals surface area contributed by atoms with Gasteiger partial charge in [-0.1, -0.05) is 29.3 Å². The van der Waals surface area contributed by atoms with E-state index in [1.54, 1.807) is 0 Å². The summed E-state index contributed by atoms with van der Waals surface area (Å²) in [5.74, 6) is 0.875. The lowest BCUT2D eigenvalue weighted by Gasteiger charge is -2.42. The summed E-state index contributed by atoms with van der Waals surface area (Å²) in [5, 5.41) is 1.32. The molecule has 1 saturated carbocycles. The molecule has 3 nitrogen and oxygen atoms in total. The van der Waals surface area contributed by atoms with Crippen molar-refractivity contribution in [3.05, 3.63) is 28.2 Å². The molecule has 134 valence electrons. The fraction of sp³-hybridized carbons (Fsp3) is 0.684. The minimum absolute atomic E-state index is 0.451. The first-order valence-electron chi connectivity index (χ1n) is 9.23. The van der Waals surface area contributed by atoms with Crippen LogP contribution in [0.1, 0.15) is 39.0 Å². The van der Waals surface area contributed by atoms with Crippen LogP contribution in [0.2, 0.25) is 10.0 Å². The number of nitrogens with zero attached hydrogens (tertiary/aromatic N) is 2. The molecule has 1 aliphatic carbocycles. The molecule has 1 saturated heterocycles. The molecule has 1 aromatic rings. The number of nitrogens with two attached hydrogens (primary N) is 1. The van der Waals surface area contributed by atoms with Crippen molar-refractivity contribution in [1.82, 2.24) is 4.90 Å². The fourth-order valence-corrected chi connectivity index (χ4v) is 4.55. The lowest BCUT2D eigenvalue weighted by atomic mass is 9.84. The molecule has 0 bridgehead atoms. The van der Waals surface area contributed by atoms with Gasteiger partial charge < -0.3 is 10.6 Å². The summed E-state index contributed by atoms with van der Waals surface area (Å²) < 4.78 is 0. The van der Waals surface area contributed by atoms with E-state index in [1.807, 2.05) is 12.1 Å². The van der Waals surface area contributed by atoms with E-state index in [0.29, 0.717) is 22.1 Å². The normalized spacial score (nSPS) is 29.0. The number of hydrogen-bond acceptors (Lipinski definition) is 3. The van der Waals surface area contributed by atoms with Crippen LogP contribution >= 0.6 is 23.2 Å². The van der Waals surface area contributed by atoms with Gasteiger partial charge in [-0.2, -0.15) is 0 Å². The van der Waals surface area contributed by atoms with Gasteiger partial charge in [0.05, 0.1) is 15.7 Å². The Morgan fingerprint density at radius 3 is 2.58 bits per heavy atom. The number of rotatable bonds is 4. The molecule has 5 heteroatoms. The zero-order valence-electron chi connectivity index (χ0n) is 14.6. The van der Waals surface area contributed by atoms with Crippen LogP contribution in [-0.2, 0) is 0 Å². The third-order valence-corrected chi connectivity index (χ3v) is 6.51. The van der Waals surface area contributed by atoms with E-state index < -0.39 is 0 Å². The van der Waals surface area contributed by atoms with Crippen LogP contribution in [0.15, 0.2) is 18.2 Å². The second kappa shape index (κ2) is 8.27. The monoisotopic (exact) mass is 369 g/mol. The number of piperazine rings is 1. The molecule has 2 N–H and O–H groups in total. The van der Waals surface area contributed by atoms with Crippen molar-refractivity contribution in [1.29, 1.82) is 0 Å². The predicted molar refractivity (Wildman–Crippen MR) is 104 cm³/mol. The van der Waals surface area contributed by atoms with Gasteiger partial charge in [-0.25, -0.2) is 0 Å². The third-order valence-electron chi connectivity index (χ3n) is 5.70. The average molecular weight is 370 g/mol. The highest BCUT2D eigenvalue weighted by atomic mass is 35.5. The van der Waals surface area contributed by atoms with Gasteiger partial charge in [-0.3, -0.25) is 4.90 Å². The second-order valence-electron chi connectivity index (χ2n) is 7.49. The van der Waals surface area contributed by atoms with Gasteiger partial charge in [0.25, 0.3) is 0 Å². The van der Waals surface area contributed by atoms with Gasteiger partial charge in [0.2, 0.25) is 0 Å². The number of halogens is 2. The smallest absolute Gasteiger partial charge is 0.0825 e. The summed E-state index contributed by atoms with van der Waals surface area (Å²) in [6.45, 7) is 6.69. The van der Waals surface area contributed by atoms with Crippen LogP contribution < -0.4 is 10.6 Å². The molecule has 1 aromatic carbocycles. The van der Waals surface area contributed by atoms with Gasteiger partial charge in [-0.05, 0) is 63.6 Å². The fourth-order valence-electron chi connectivity index (χ4n) is 4.15. The maximum absolute atomic E-state index is 6.41. The molecule has 0 aromatic heterocycles. The van der Waals surface area contributed by atoms with E-state index in [-0.39, 0.29) is 0 Å². The Bertz CT molecular complexity index is 543. The molecule has 1 atom stereocenters. The molecule has 2 fully saturated rings. The van der Waals surface area contributed by atoms with Crippen LogP contribution in [-0.4, -0.2) is 43.2 Å². The molecule has 0 radical (unpaired) electrons. The average Bonchev–Trinajstić information content (AvgIpc) is 2.57. The first-order chi connectivity index (χ1) is 11.5. The lowest BCUT2D eigenvalue weighted by Crippen LogP contribution is -2.52. The van der Waals surface area contributed by atoms with Crippen molar-refractivity contribution in [3.63, 3.8) is 0 Å². The number of hydrogen-bond donors (Lipinski definition) is 1. The van der Waals surface area contributed by atoms with Crippen LogP contribution in [0.3, 0.4) is 0 Å². The van der Waals surface area contributed by atoms with E-state index in [1.165, 1.54) is 38.6 Å². The van der Waals surface area contributed by atoms with Gasteiger partial charge in [0, 0.05) is 31.7 Å². The molecule has 24 heavy (non-hydrogen) atoms. The Morgan fingerprint density at radius 2 is 1.88 bits per heavy atom. The quantitative estimate of drug-likeness (QED) is 0.852. The van der Waals surface area contributed by atoms with Crippen molar-refractivity contribution in [2.75, 3.05) is 31.1 Å². The summed E-state index contributed by atoms with van der Waals surface area (Å²) in [4.78, 5) is 5.00. The summed E-state index contributed by atoms with van der Waals surface area (Å²) >= 11 is 12.6. The highest BCUT2D eigenvalue weighted by Gasteiger charge is 2.26. The van der Waals surface area contributed by atoms with Crippen molar-refractivity contribution in [2.45, 2.75) is 51.1 Å². The third kappa shape index (κ3) is 4.37. The Morgan fingerprint density at radius 1 is 1.12 bits per heavy atom. The van der Waals surface area contributed by atoms with Gasteiger partial charge >= 0.3 is 0 Å². The molecule has 0 amide bonds. The van der Waals surface area contributed by atoms with Crippen molar-refractivity contribution in [3.8, 4) is 0 Å². The Hall–Kier alpha value is -0.480. The van der Waals surface area contributed by atoms with Gasteiger partial charge in [0.15, 0.2) is 0 Å². The standard InChI is InChI=1S/C19H29Cl2N3/c1-14-13-23(10-9-15-5-7-16(22)8-6-15)11-12-24(14)18-4-2-3-17(20)19(18)21/h2-4,14-16H,5-13,22H2,1H3. The second-order valence-corrected chi connectivity index (χ2v) is 8.27. The first kappa shape index (κ1) is 18.3. The number of benzene rings is 1. The topological polar surface area (TPSA) is 32.5 Å². The van der Waals surface area contributed by atoms with Crippen LogP contribution in [0.25, 0.3) is 0 Å². The molecular weight excluding hydrogens is 341 g/mol. The maximum Gasteiger partial charge on any atom is 0.0825 e. The molecule has 1 unspecified atom stereocenters. The Balaban J connectivity index is 1.51. The van der Waals surface area contributed by atoms with Crippen molar-refractivity contribution < 1.29 is 0 Å². The van der Waals surface area contributed by atoms with E-state index in [0.717, 1.165) is 31.2 Å². The van der Waals surface area contributed by atoms with Crippen LogP contribution in [0.4, 0.5) is 5.69 Å². The summed E-state index contributed by atoms with van der Waals surface area (Å²) in [7, 11) is 0. The summed E-state index contributed by atoms with van der Waals surface area (Å²) in [6, 6.07) is 6.81. The van der Waals surface area contributed by atoms with Crippen LogP contribution in [0, 0.1) is 5.92 Å². The minimum atomic E-state index is 0.451. The highest BCUT2D eigenvalue weighted by molar-refractivity contribution is 6.43. The summed E-state index contributed by atoms with van der Waals surface area (Å²) in [5.41, 5.74) is 7.08. The molecule has 2 aliphatic rings. The first-order valence-corrected chi connectivity index (χ1v) is 9.98. The maximum atomic E-state index is 6.41. The molecule has 0 spiro atoms. The van der Waals surface area contributed by atoms with Crippen molar-refractivity contribution in [2.24, 2.45) is 11.7 Å². The van der Waals surface area contributed by atoms with Gasteiger partial charge in [0.1, 0.15) is 0 Å². The van der Waals surface area contributed by atoms with Crippen molar-refractivity contribution >= 4 is 28.9 Å². The number of anilines is 1. The molecule has 3 rings (SSSR count). The molecule has 1 heterocycles. The molecular formula is C19H29Cl2N3. The Kier molecular flexibility index (Phi) is 6.31. The summed E-state index contributed by atoms with van der Waals surface area (Å²) in [6.07, 6.45) is 6.37. The minimum Gasteiger partial charge on any atom is -0.365 e. The predicted octanol–water partition coefficient (Wildman–Crippen LogP) is 4.41. The largest absolute Gasteiger partial charge is 0.365 e. The van der Waals surface area contributed by atoms with E-state index >= 15 is 0 Å². The zero-order chi connectivity index (χ0) is 17.1. The Labute approximate surface area is 156 Å². The van der Waals surface area contributed by atoms with E-state index in [9.17, 15) is 0 Å². The van der Waals surface area contributed by atoms with E-state index in [2.05, 4.69) is 22.8 Å². The SMILES string of the molecule is CC1CN(CCC2CCC(N)CC2)CCN1c1cccc(Cl)c1Cl. The van der Waals surface area contributed by atoms with Gasteiger partial charge in [-0.15, -0.1) is 0 Å².